The van der Waals surface area contributed by atoms with E-state index in [1.54, 1.807) is 0 Å². The molecule has 0 N–H and O–H groups in total. The highest BCUT2D eigenvalue weighted by Crippen LogP contribution is 2.12. The standard InChI is InChI=1S/C17H22ClNO/c18-11-3-2-6-16-7-9-17(10-8-16)20-15-14-19-12-4-1-5-13-19/h7-10H,1,3-5,11-15H2. The first-order valence-electron chi connectivity index (χ1n) is 7.38. The topological polar surface area (TPSA) is 12.5 Å². The Labute approximate surface area is 127 Å². The molecule has 1 saturated heterocycles. The lowest BCUT2D eigenvalue weighted by molar-refractivity contribution is 0.183. The van der Waals surface area contributed by atoms with Gasteiger partial charge >= 0.3 is 0 Å². The molecule has 0 amide bonds. The molecule has 1 aromatic rings. The molecule has 0 aromatic heterocycles. The number of rotatable bonds is 5. The summed E-state index contributed by atoms with van der Waals surface area (Å²) in [5, 5.41) is 0. The van der Waals surface area contributed by atoms with E-state index in [0.717, 1.165) is 30.9 Å². The Morgan fingerprint density at radius 2 is 1.85 bits per heavy atom. The van der Waals surface area contributed by atoms with Crippen molar-refractivity contribution in [2.45, 2.75) is 25.7 Å². The number of alkyl halides is 1. The quantitative estimate of drug-likeness (QED) is 0.608. The van der Waals surface area contributed by atoms with Crippen molar-refractivity contribution in [3.05, 3.63) is 29.8 Å². The maximum Gasteiger partial charge on any atom is 0.119 e. The van der Waals surface area contributed by atoms with E-state index >= 15 is 0 Å². The van der Waals surface area contributed by atoms with Crippen molar-refractivity contribution < 1.29 is 4.74 Å². The third-order valence-corrected chi connectivity index (χ3v) is 3.62. The van der Waals surface area contributed by atoms with Gasteiger partial charge in [-0.05, 0) is 50.2 Å². The van der Waals surface area contributed by atoms with Crippen LogP contribution < -0.4 is 4.74 Å². The highest BCUT2D eigenvalue weighted by molar-refractivity contribution is 6.18. The van der Waals surface area contributed by atoms with Crippen LogP contribution in [-0.2, 0) is 0 Å². The van der Waals surface area contributed by atoms with E-state index in [2.05, 4.69) is 16.7 Å². The molecule has 0 radical (unpaired) electrons. The van der Waals surface area contributed by atoms with Gasteiger partial charge in [0.05, 0.1) is 0 Å². The first-order chi connectivity index (χ1) is 9.88. The molecule has 2 nitrogen and oxygen atoms in total. The summed E-state index contributed by atoms with van der Waals surface area (Å²) < 4.78 is 5.78. The van der Waals surface area contributed by atoms with Gasteiger partial charge in [0, 0.05) is 24.4 Å². The SMILES string of the molecule is ClCCC#Cc1ccc(OCCN2CCCCC2)cc1. The van der Waals surface area contributed by atoms with Gasteiger partial charge < -0.3 is 4.74 Å². The number of halogens is 1. The molecular weight excluding hydrogens is 270 g/mol. The molecule has 1 aliphatic heterocycles. The van der Waals surface area contributed by atoms with E-state index < -0.39 is 0 Å². The van der Waals surface area contributed by atoms with Crippen molar-refractivity contribution in [1.29, 1.82) is 0 Å². The summed E-state index contributed by atoms with van der Waals surface area (Å²) >= 11 is 5.59. The second-order valence-corrected chi connectivity index (χ2v) is 5.39. The van der Waals surface area contributed by atoms with Gasteiger partial charge in [0.1, 0.15) is 12.4 Å². The van der Waals surface area contributed by atoms with Crippen LogP contribution in [0.5, 0.6) is 5.75 Å². The van der Waals surface area contributed by atoms with Crippen molar-refractivity contribution >= 4 is 11.6 Å². The van der Waals surface area contributed by atoms with Crippen molar-refractivity contribution in [2.75, 3.05) is 32.1 Å². The summed E-state index contributed by atoms with van der Waals surface area (Å²) in [6.45, 7) is 4.23. The molecule has 0 aliphatic carbocycles. The Balaban J connectivity index is 1.72. The highest BCUT2D eigenvalue weighted by atomic mass is 35.5. The fraction of sp³-hybridized carbons (Fsp3) is 0.529. The van der Waals surface area contributed by atoms with Gasteiger partial charge in [-0.1, -0.05) is 18.3 Å². The number of piperidine rings is 1. The smallest absolute Gasteiger partial charge is 0.119 e. The van der Waals surface area contributed by atoms with Crippen molar-refractivity contribution in [2.24, 2.45) is 0 Å². The van der Waals surface area contributed by atoms with Gasteiger partial charge in [-0.3, -0.25) is 4.90 Å². The van der Waals surface area contributed by atoms with Crippen molar-refractivity contribution in [3.8, 4) is 17.6 Å². The zero-order valence-electron chi connectivity index (χ0n) is 11.9. The molecule has 0 unspecified atom stereocenters. The van der Waals surface area contributed by atoms with Crippen LogP contribution in [0.4, 0.5) is 0 Å². The lowest BCUT2D eigenvalue weighted by atomic mass is 10.1. The predicted octanol–water partition coefficient (Wildman–Crippen LogP) is 3.53. The minimum atomic E-state index is 0.588. The van der Waals surface area contributed by atoms with Gasteiger partial charge in [0.15, 0.2) is 0 Å². The zero-order valence-corrected chi connectivity index (χ0v) is 12.7. The summed E-state index contributed by atoms with van der Waals surface area (Å²) in [6.07, 6.45) is 4.77. The molecule has 0 spiro atoms. The molecule has 1 heterocycles. The summed E-state index contributed by atoms with van der Waals surface area (Å²) in [5.74, 6) is 7.62. The third kappa shape index (κ3) is 5.45. The fourth-order valence-corrected chi connectivity index (χ4v) is 2.42. The van der Waals surface area contributed by atoms with Gasteiger partial charge in [-0.25, -0.2) is 0 Å². The van der Waals surface area contributed by atoms with Gasteiger partial charge in [0.25, 0.3) is 0 Å². The minimum Gasteiger partial charge on any atom is -0.492 e. The van der Waals surface area contributed by atoms with E-state index in [9.17, 15) is 0 Å². The summed E-state index contributed by atoms with van der Waals surface area (Å²) in [7, 11) is 0. The average Bonchev–Trinajstić information content (AvgIpc) is 2.50. The van der Waals surface area contributed by atoms with Crippen LogP contribution in [0.15, 0.2) is 24.3 Å². The van der Waals surface area contributed by atoms with Crippen LogP contribution in [0, 0.1) is 11.8 Å². The Morgan fingerprint density at radius 3 is 2.55 bits per heavy atom. The van der Waals surface area contributed by atoms with Crippen LogP contribution in [0.3, 0.4) is 0 Å². The third-order valence-electron chi connectivity index (χ3n) is 3.43. The molecule has 3 heteroatoms. The first-order valence-corrected chi connectivity index (χ1v) is 7.92. The van der Waals surface area contributed by atoms with Crippen LogP contribution in [0.1, 0.15) is 31.2 Å². The molecule has 1 aromatic carbocycles. The maximum absolute atomic E-state index is 5.78. The Kier molecular flexibility index (Phi) is 6.77. The normalized spacial score (nSPS) is 15.4. The molecule has 0 atom stereocenters. The first kappa shape index (κ1) is 15.2. The molecule has 0 saturated carbocycles. The van der Waals surface area contributed by atoms with E-state index in [4.69, 9.17) is 16.3 Å². The second-order valence-electron chi connectivity index (χ2n) is 5.02. The molecule has 0 bridgehead atoms. The predicted molar refractivity (Wildman–Crippen MR) is 84.4 cm³/mol. The maximum atomic E-state index is 5.78. The second kappa shape index (κ2) is 8.89. The molecular formula is C17H22ClNO. The van der Waals surface area contributed by atoms with Crippen LogP contribution in [0.25, 0.3) is 0 Å². The summed E-state index contributed by atoms with van der Waals surface area (Å²) in [5.41, 5.74) is 1.01. The summed E-state index contributed by atoms with van der Waals surface area (Å²) in [4.78, 5) is 2.48. The van der Waals surface area contributed by atoms with Crippen molar-refractivity contribution in [3.63, 3.8) is 0 Å². The number of nitrogens with zero attached hydrogens (tertiary/aromatic N) is 1. The van der Waals surface area contributed by atoms with Crippen LogP contribution in [-0.4, -0.2) is 37.0 Å². The molecule has 1 fully saturated rings. The van der Waals surface area contributed by atoms with Crippen LogP contribution >= 0.6 is 11.6 Å². The molecule has 2 rings (SSSR count). The largest absolute Gasteiger partial charge is 0.492 e. The lowest BCUT2D eigenvalue weighted by Gasteiger charge is -2.26. The minimum absolute atomic E-state index is 0.588. The van der Waals surface area contributed by atoms with Crippen molar-refractivity contribution in [1.82, 2.24) is 4.90 Å². The number of benzene rings is 1. The van der Waals surface area contributed by atoms with E-state index in [-0.39, 0.29) is 0 Å². The Hall–Kier alpha value is -1.17. The van der Waals surface area contributed by atoms with Crippen LogP contribution in [0.2, 0.25) is 0 Å². The number of ether oxygens (including phenoxy) is 1. The number of hydrogen-bond donors (Lipinski definition) is 0. The fourth-order valence-electron chi connectivity index (χ4n) is 2.32. The molecule has 20 heavy (non-hydrogen) atoms. The lowest BCUT2D eigenvalue weighted by Crippen LogP contribution is -2.33. The Morgan fingerprint density at radius 1 is 1.10 bits per heavy atom. The van der Waals surface area contributed by atoms with E-state index in [1.165, 1.54) is 32.4 Å². The number of hydrogen-bond acceptors (Lipinski definition) is 2. The van der Waals surface area contributed by atoms with Gasteiger partial charge in [-0.2, -0.15) is 0 Å². The van der Waals surface area contributed by atoms with Gasteiger partial charge in [-0.15, -0.1) is 11.6 Å². The highest BCUT2D eigenvalue weighted by Gasteiger charge is 2.09. The number of likely N-dealkylation sites (tertiary alicyclic amines) is 1. The zero-order chi connectivity index (χ0) is 14.0. The Bertz CT molecular complexity index is 440. The molecule has 108 valence electrons. The molecule has 1 aliphatic rings. The van der Waals surface area contributed by atoms with E-state index in [1.807, 2.05) is 24.3 Å². The van der Waals surface area contributed by atoms with Gasteiger partial charge in [0.2, 0.25) is 0 Å². The summed E-state index contributed by atoms with van der Waals surface area (Å²) in [6, 6.07) is 7.97. The van der Waals surface area contributed by atoms with E-state index in [0.29, 0.717) is 5.88 Å². The average molecular weight is 292 g/mol. The monoisotopic (exact) mass is 291 g/mol.